The number of benzene rings is 1. The van der Waals surface area contributed by atoms with Crippen molar-refractivity contribution in [2.45, 2.75) is 31.7 Å². The summed E-state index contributed by atoms with van der Waals surface area (Å²) >= 11 is 5.82. The van der Waals surface area contributed by atoms with Gasteiger partial charge in [0.05, 0.1) is 10.7 Å². The summed E-state index contributed by atoms with van der Waals surface area (Å²) in [5, 5.41) is 11.1. The van der Waals surface area contributed by atoms with Gasteiger partial charge in [0.2, 0.25) is 15.9 Å². The van der Waals surface area contributed by atoms with Crippen molar-refractivity contribution in [1.82, 2.24) is 4.72 Å². The third-order valence-corrected chi connectivity index (χ3v) is 4.61. The average Bonchev–Trinajstić information content (AvgIpc) is 2.38. The molecule has 10 heteroatoms. The predicted molar refractivity (Wildman–Crippen MR) is 82.3 cm³/mol. The van der Waals surface area contributed by atoms with E-state index in [1.54, 1.807) is 0 Å². The number of hydrogen-bond donors (Lipinski definition) is 3. The number of halogens is 2. The van der Waals surface area contributed by atoms with E-state index in [1.807, 2.05) is 4.72 Å². The molecule has 1 unspecified atom stereocenters. The second-order valence-electron chi connectivity index (χ2n) is 5.12. The van der Waals surface area contributed by atoms with Gasteiger partial charge in [0, 0.05) is 13.0 Å². The summed E-state index contributed by atoms with van der Waals surface area (Å²) in [6.45, 7) is 4.19. The van der Waals surface area contributed by atoms with E-state index in [4.69, 9.17) is 16.7 Å². The zero-order valence-corrected chi connectivity index (χ0v) is 14.1. The summed E-state index contributed by atoms with van der Waals surface area (Å²) in [6, 6.07) is 0.140. The molecule has 0 radical (unpaired) electrons. The first-order valence-corrected chi connectivity index (χ1v) is 8.33. The topological polar surface area (TPSA) is 113 Å². The molecule has 1 aromatic rings. The molecule has 1 rings (SSSR count). The van der Waals surface area contributed by atoms with Gasteiger partial charge in [-0.15, -0.1) is 0 Å². The Balaban J connectivity index is 3.26. The molecule has 1 amide bonds. The average molecular weight is 367 g/mol. The van der Waals surface area contributed by atoms with Gasteiger partial charge in [-0.3, -0.25) is 9.59 Å². The molecule has 0 spiro atoms. The van der Waals surface area contributed by atoms with E-state index in [2.05, 4.69) is 5.32 Å². The largest absolute Gasteiger partial charge is 0.480 e. The van der Waals surface area contributed by atoms with Crippen molar-refractivity contribution >= 4 is 39.2 Å². The predicted octanol–water partition coefficient (Wildman–Crippen LogP) is 1.82. The van der Waals surface area contributed by atoms with E-state index in [0.717, 1.165) is 12.1 Å². The fourth-order valence-electron chi connectivity index (χ4n) is 1.72. The third kappa shape index (κ3) is 4.88. The molecule has 0 saturated carbocycles. The van der Waals surface area contributed by atoms with Crippen LogP contribution in [0.1, 0.15) is 20.8 Å². The van der Waals surface area contributed by atoms with Crippen molar-refractivity contribution in [3.05, 3.63) is 23.0 Å². The molecule has 7 nitrogen and oxygen atoms in total. The molecular formula is C13H16ClFN2O5S. The van der Waals surface area contributed by atoms with Gasteiger partial charge in [0.15, 0.2) is 0 Å². The standard InChI is InChI=1S/C13H16ClFN2O5S/c1-6(2)12(13(19)20)17-23(21,22)11-4-8(14)10(5-9(11)15)16-7(3)18/h4-6,12,17H,1-3H3,(H,16,18)(H,19,20). The molecule has 0 aliphatic carbocycles. The highest BCUT2D eigenvalue weighted by Gasteiger charge is 2.30. The van der Waals surface area contributed by atoms with Gasteiger partial charge in [-0.1, -0.05) is 25.4 Å². The van der Waals surface area contributed by atoms with Gasteiger partial charge in [-0.2, -0.15) is 4.72 Å². The van der Waals surface area contributed by atoms with Crippen LogP contribution in [0.4, 0.5) is 10.1 Å². The molecule has 0 aliphatic rings. The van der Waals surface area contributed by atoms with Gasteiger partial charge < -0.3 is 10.4 Å². The number of nitrogens with one attached hydrogen (secondary N) is 2. The van der Waals surface area contributed by atoms with Crippen LogP contribution in [0, 0.1) is 11.7 Å². The highest BCUT2D eigenvalue weighted by Crippen LogP contribution is 2.28. The fraction of sp³-hybridized carbons (Fsp3) is 0.385. The van der Waals surface area contributed by atoms with Crippen LogP contribution in [0.15, 0.2) is 17.0 Å². The maximum Gasteiger partial charge on any atom is 0.322 e. The van der Waals surface area contributed by atoms with Crippen molar-refractivity contribution in [3.63, 3.8) is 0 Å². The normalized spacial score (nSPS) is 13.0. The van der Waals surface area contributed by atoms with Gasteiger partial charge in [0.25, 0.3) is 0 Å². The lowest BCUT2D eigenvalue weighted by molar-refractivity contribution is -0.140. The van der Waals surface area contributed by atoms with Crippen LogP contribution in [0.5, 0.6) is 0 Å². The number of carbonyl (C=O) groups excluding carboxylic acids is 1. The number of anilines is 1. The highest BCUT2D eigenvalue weighted by molar-refractivity contribution is 7.89. The minimum Gasteiger partial charge on any atom is -0.480 e. The van der Waals surface area contributed by atoms with E-state index in [1.165, 1.54) is 20.8 Å². The van der Waals surface area contributed by atoms with E-state index >= 15 is 0 Å². The number of hydrogen-bond acceptors (Lipinski definition) is 4. The Labute approximate surface area is 137 Å². The molecule has 3 N–H and O–H groups in total. The molecule has 1 aromatic carbocycles. The Hall–Kier alpha value is -1.71. The number of sulfonamides is 1. The third-order valence-electron chi connectivity index (χ3n) is 2.84. The molecule has 0 aromatic heterocycles. The van der Waals surface area contributed by atoms with Gasteiger partial charge in [-0.25, -0.2) is 12.8 Å². The van der Waals surface area contributed by atoms with Crippen LogP contribution in [-0.2, 0) is 19.6 Å². The van der Waals surface area contributed by atoms with Crippen molar-refractivity contribution in [1.29, 1.82) is 0 Å². The SMILES string of the molecule is CC(=O)Nc1cc(F)c(S(=O)(=O)NC(C(=O)O)C(C)C)cc1Cl. The molecule has 0 heterocycles. The van der Waals surface area contributed by atoms with Crippen molar-refractivity contribution in [2.24, 2.45) is 5.92 Å². The van der Waals surface area contributed by atoms with Crippen LogP contribution in [0.2, 0.25) is 5.02 Å². The molecule has 0 aliphatic heterocycles. The molecule has 1 atom stereocenters. The first-order valence-electron chi connectivity index (χ1n) is 6.47. The number of carboxylic acid groups (broad SMARTS) is 1. The van der Waals surface area contributed by atoms with Gasteiger partial charge in [0.1, 0.15) is 16.8 Å². The lowest BCUT2D eigenvalue weighted by Crippen LogP contribution is -2.44. The van der Waals surface area contributed by atoms with E-state index in [9.17, 15) is 22.4 Å². The van der Waals surface area contributed by atoms with Crippen molar-refractivity contribution in [3.8, 4) is 0 Å². The Morgan fingerprint density at radius 3 is 2.30 bits per heavy atom. The Morgan fingerprint density at radius 2 is 1.87 bits per heavy atom. The van der Waals surface area contributed by atoms with Crippen LogP contribution in [0.25, 0.3) is 0 Å². The number of amides is 1. The summed E-state index contributed by atoms with van der Waals surface area (Å²) in [4.78, 5) is 21.2. The van der Waals surface area contributed by atoms with Crippen LogP contribution in [0.3, 0.4) is 0 Å². The minimum absolute atomic E-state index is 0.0886. The maximum atomic E-state index is 14.1. The van der Waals surface area contributed by atoms with Crippen LogP contribution < -0.4 is 10.0 Å². The Kier molecular flexibility index (Phi) is 6.09. The zero-order chi connectivity index (χ0) is 17.9. The first kappa shape index (κ1) is 19.3. The smallest absolute Gasteiger partial charge is 0.322 e. The number of rotatable bonds is 6. The second-order valence-corrected chi connectivity index (χ2v) is 7.21. The van der Waals surface area contributed by atoms with Crippen LogP contribution in [-0.4, -0.2) is 31.4 Å². The Bertz CT molecular complexity index is 736. The minimum atomic E-state index is -4.45. The van der Waals surface area contributed by atoms with Crippen molar-refractivity contribution in [2.75, 3.05) is 5.32 Å². The summed E-state index contributed by atoms with van der Waals surface area (Å²) < 4.78 is 40.4. The Morgan fingerprint density at radius 1 is 1.30 bits per heavy atom. The molecule has 128 valence electrons. The lowest BCUT2D eigenvalue weighted by atomic mass is 10.1. The van der Waals surface area contributed by atoms with Crippen LogP contribution >= 0.6 is 11.6 Å². The molecule has 23 heavy (non-hydrogen) atoms. The first-order chi connectivity index (χ1) is 10.5. The fourth-order valence-corrected chi connectivity index (χ4v) is 3.42. The molecule has 0 saturated heterocycles. The summed E-state index contributed by atoms with van der Waals surface area (Å²) in [7, 11) is -4.45. The monoisotopic (exact) mass is 366 g/mol. The summed E-state index contributed by atoms with van der Waals surface area (Å²) in [6.07, 6.45) is 0. The summed E-state index contributed by atoms with van der Waals surface area (Å²) in [5.41, 5.74) is -0.0886. The lowest BCUT2D eigenvalue weighted by Gasteiger charge is -2.18. The van der Waals surface area contributed by atoms with Gasteiger partial charge in [-0.05, 0) is 12.0 Å². The maximum absolute atomic E-state index is 14.1. The van der Waals surface area contributed by atoms with E-state index in [-0.39, 0.29) is 10.7 Å². The second kappa shape index (κ2) is 7.24. The molecular weight excluding hydrogens is 351 g/mol. The number of aliphatic carboxylic acids is 1. The zero-order valence-electron chi connectivity index (χ0n) is 12.6. The molecule has 0 bridgehead atoms. The van der Waals surface area contributed by atoms with E-state index < -0.39 is 44.6 Å². The van der Waals surface area contributed by atoms with Gasteiger partial charge >= 0.3 is 5.97 Å². The summed E-state index contributed by atoms with van der Waals surface area (Å²) in [5.74, 6) is -3.62. The van der Waals surface area contributed by atoms with Crippen molar-refractivity contribution < 1.29 is 27.5 Å². The number of carbonyl (C=O) groups is 2. The highest BCUT2D eigenvalue weighted by atomic mass is 35.5. The molecule has 0 fully saturated rings. The number of carboxylic acids is 1. The van der Waals surface area contributed by atoms with E-state index in [0.29, 0.717) is 0 Å². The quantitative estimate of drug-likeness (QED) is 0.710.